The van der Waals surface area contributed by atoms with E-state index in [0.29, 0.717) is 18.2 Å². The van der Waals surface area contributed by atoms with Crippen LogP contribution in [0.3, 0.4) is 0 Å². The molecule has 4 aliphatic rings. The van der Waals surface area contributed by atoms with Crippen molar-refractivity contribution >= 4 is 11.8 Å². The van der Waals surface area contributed by atoms with Crippen LogP contribution in [0.5, 0.6) is 0 Å². The molecule has 0 aromatic heterocycles. The van der Waals surface area contributed by atoms with Crippen molar-refractivity contribution in [1.29, 1.82) is 0 Å². The molecule has 0 aromatic carbocycles. The molecule has 0 unspecified atom stereocenters. The molecule has 0 bridgehead atoms. The van der Waals surface area contributed by atoms with Gasteiger partial charge in [-0.05, 0) is 82.2 Å². The molecule has 28 heavy (non-hydrogen) atoms. The number of nitrogens with zero attached hydrogens (tertiary/aromatic N) is 1. The van der Waals surface area contributed by atoms with Crippen molar-refractivity contribution in [2.75, 3.05) is 26.2 Å². The van der Waals surface area contributed by atoms with Crippen molar-refractivity contribution < 1.29 is 9.59 Å². The zero-order valence-electron chi connectivity index (χ0n) is 17.5. The van der Waals surface area contributed by atoms with Gasteiger partial charge in [-0.3, -0.25) is 9.59 Å². The van der Waals surface area contributed by atoms with Crippen LogP contribution < -0.4 is 10.6 Å². The van der Waals surface area contributed by atoms with Crippen molar-refractivity contribution in [2.24, 2.45) is 23.7 Å². The fourth-order valence-corrected chi connectivity index (χ4v) is 6.12. The van der Waals surface area contributed by atoms with Crippen molar-refractivity contribution in [3.05, 3.63) is 0 Å². The molecule has 2 aliphatic carbocycles. The Bertz CT molecular complexity index is 524. The van der Waals surface area contributed by atoms with Gasteiger partial charge in [-0.25, -0.2) is 0 Å². The minimum absolute atomic E-state index is 0.183. The molecule has 0 aromatic rings. The van der Waals surface area contributed by atoms with Gasteiger partial charge in [0.1, 0.15) is 0 Å². The highest BCUT2D eigenvalue weighted by molar-refractivity contribution is 5.79. The van der Waals surface area contributed by atoms with Crippen LogP contribution in [0.25, 0.3) is 0 Å². The number of likely N-dealkylation sites (tertiary alicyclic amines) is 1. The average molecular weight is 390 g/mol. The predicted octanol–water partition coefficient (Wildman–Crippen LogP) is 3.09. The summed E-state index contributed by atoms with van der Waals surface area (Å²) in [7, 11) is 0. The third-order valence-electron chi connectivity index (χ3n) is 7.97. The van der Waals surface area contributed by atoms with E-state index in [0.717, 1.165) is 76.5 Å². The van der Waals surface area contributed by atoms with Crippen molar-refractivity contribution in [3.63, 3.8) is 0 Å². The normalized spacial score (nSPS) is 34.5. The molecule has 4 fully saturated rings. The standard InChI is InChI=1S/C23H39N3O2/c27-22(14-17-4-2-1-3-5-17)25-21-8-6-18(7-9-21)23(28)26-12-10-19-15-24-16-20(19)11-13-26/h17-21,24H,1-16H2,(H,25,27)/t18?,19-,20+,21?. The van der Waals surface area contributed by atoms with Crippen molar-refractivity contribution in [1.82, 2.24) is 15.5 Å². The molecule has 5 nitrogen and oxygen atoms in total. The maximum Gasteiger partial charge on any atom is 0.225 e. The SMILES string of the molecule is O=C(CC1CCCCC1)NC1CCC(C(=O)N2CC[C@@H]3CNC[C@@H]3CC2)CC1. The topological polar surface area (TPSA) is 61.4 Å². The van der Waals surface area contributed by atoms with Gasteiger partial charge in [0.2, 0.25) is 11.8 Å². The first-order valence-corrected chi connectivity index (χ1v) is 12.0. The number of hydrogen-bond donors (Lipinski definition) is 2. The lowest BCUT2D eigenvalue weighted by Gasteiger charge is -2.32. The predicted molar refractivity (Wildman–Crippen MR) is 111 cm³/mol. The van der Waals surface area contributed by atoms with E-state index in [-0.39, 0.29) is 17.9 Å². The van der Waals surface area contributed by atoms with E-state index >= 15 is 0 Å². The number of carbonyl (C=O) groups excluding carboxylic acids is 2. The summed E-state index contributed by atoms with van der Waals surface area (Å²) in [5.41, 5.74) is 0. The lowest BCUT2D eigenvalue weighted by Crippen LogP contribution is -2.43. The third-order valence-corrected chi connectivity index (χ3v) is 7.97. The van der Waals surface area contributed by atoms with E-state index in [2.05, 4.69) is 15.5 Å². The number of hydrogen-bond acceptors (Lipinski definition) is 3. The Morgan fingerprint density at radius 2 is 1.46 bits per heavy atom. The molecule has 2 N–H and O–H groups in total. The van der Waals surface area contributed by atoms with Gasteiger partial charge in [0.25, 0.3) is 0 Å². The van der Waals surface area contributed by atoms with E-state index < -0.39 is 0 Å². The quantitative estimate of drug-likeness (QED) is 0.777. The Hall–Kier alpha value is -1.10. The van der Waals surface area contributed by atoms with Crippen LogP contribution in [0.4, 0.5) is 0 Å². The molecular formula is C23H39N3O2. The zero-order valence-corrected chi connectivity index (χ0v) is 17.5. The lowest BCUT2D eigenvalue weighted by atomic mass is 9.84. The Morgan fingerprint density at radius 1 is 0.821 bits per heavy atom. The molecule has 0 radical (unpaired) electrons. The van der Waals surface area contributed by atoms with Crippen molar-refractivity contribution in [3.8, 4) is 0 Å². The third kappa shape index (κ3) is 5.08. The van der Waals surface area contributed by atoms with Crippen LogP contribution >= 0.6 is 0 Å². The van der Waals surface area contributed by atoms with Crippen LogP contribution in [0.2, 0.25) is 0 Å². The smallest absolute Gasteiger partial charge is 0.225 e. The summed E-state index contributed by atoms with van der Waals surface area (Å²) < 4.78 is 0. The Kier molecular flexibility index (Phi) is 6.92. The molecule has 2 saturated carbocycles. The fourth-order valence-electron chi connectivity index (χ4n) is 6.12. The summed E-state index contributed by atoms with van der Waals surface area (Å²) in [4.78, 5) is 27.6. The van der Waals surface area contributed by atoms with Gasteiger partial charge >= 0.3 is 0 Å². The number of rotatable bonds is 4. The lowest BCUT2D eigenvalue weighted by molar-refractivity contribution is -0.136. The van der Waals surface area contributed by atoms with Crippen LogP contribution in [-0.4, -0.2) is 48.9 Å². The molecular weight excluding hydrogens is 350 g/mol. The highest BCUT2D eigenvalue weighted by Crippen LogP contribution is 2.31. The Morgan fingerprint density at radius 3 is 2.11 bits per heavy atom. The number of carbonyl (C=O) groups is 2. The van der Waals surface area contributed by atoms with Gasteiger partial charge in [-0.1, -0.05) is 19.3 Å². The molecule has 2 amide bonds. The molecule has 2 aliphatic heterocycles. The molecule has 2 heterocycles. The second-order valence-corrected chi connectivity index (χ2v) is 9.91. The summed E-state index contributed by atoms with van der Waals surface area (Å²) in [6.07, 6.45) is 13.2. The minimum Gasteiger partial charge on any atom is -0.353 e. The van der Waals surface area contributed by atoms with E-state index in [1.165, 1.54) is 32.1 Å². The largest absolute Gasteiger partial charge is 0.353 e. The van der Waals surface area contributed by atoms with Crippen LogP contribution in [0, 0.1) is 23.7 Å². The average Bonchev–Trinajstić information content (AvgIpc) is 3.07. The Labute approximate surface area is 170 Å². The van der Waals surface area contributed by atoms with Crippen molar-refractivity contribution in [2.45, 2.75) is 83.1 Å². The first-order chi connectivity index (χ1) is 13.7. The summed E-state index contributed by atoms with van der Waals surface area (Å²) in [5.74, 6) is 2.96. The number of fused-ring (bicyclic) bond motifs is 1. The minimum atomic E-state index is 0.183. The second kappa shape index (κ2) is 9.60. The maximum atomic E-state index is 13.0. The van der Waals surface area contributed by atoms with Crippen LogP contribution in [0.1, 0.15) is 77.0 Å². The van der Waals surface area contributed by atoms with Gasteiger partial charge < -0.3 is 15.5 Å². The highest BCUT2D eigenvalue weighted by Gasteiger charge is 2.35. The first-order valence-electron chi connectivity index (χ1n) is 12.0. The highest BCUT2D eigenvalue weighted by atomic mass is 16.2. The monoisotopic (exact) mass is 389 g/mol. The molecule has 5 heteroatoms. The van der Waals surface area contributed by atoms with E-state index in [1.807, 2.05) is 0 Å². The molecule has 158 valence electrons. The fraction of sp³-hybridized carbons (Fsp3) is 0.913. The summed E-state index contributed by atoms with van der Waals surface area (Å²) in [6.45, 7) is 4.16. The van der Waals surface area contributed by atoms with Crippen LogP contribution in [0.15, 0.2) is 0 Å². The van der Waals surface area contributed by atoms with Gasteiger partial charge in [-0.2, -0.15) is 0 Å². The van der Waals surface area contributed by atoms with Gasteiger partial charge in [0.05, 0.1) is 0 Å². The summed E-state index contributed by atoms with van der Waals surface area (Å²) >= 11 is 0. The molecule has 4 rings (SSSR count). The van der Waals surface area contributed by atoms with Gasteiger partial charge in [0.15, 0.2) is 0 Å². The number of amides is 2. The molecule has 2 saturated heterocycles. The van der Waals surface area contributed by atoms with Gasteiger partial charge in [-0.15, -0.1) is 0 Å². The van der Waals surface area contributed by atoms with Crippen LogP contribution in [-0.2, 0) is 9.59 Å². The van der Waals surface area contributed by atoms with Gasteiger partial charge in [0, 0.05) is 31.5 Å². The molecule has 2 atom stereocenters. The first kappa shape index (κ1) is 20.2. The zero-order chi connectivity index (χ0) is 19.3. The Balaban J connectivity index is 1.18. The van der Waals surface area contributed by atoms with E-state index in [1.54, 1.807) is 0 Å². The number of nitrogens with one attached hydrogen (secondary N) is 2. The summed E-state index contributed by atoms with van der Waals surface area (Å²) in [6, 6.07) is 0.287. The molecule has 0 spiro atoms. The maximum absolute atomic E-state index is 13.0. The van der Waals surface area contributed by atoms with E-state index in [4.69, 9.17) is 0 Å². The second-order valence-electron chi connectivity index (χ2n) is 9.91. The summed E-state index contributed by atoms with van der Waals surface area (Å²) in [5, 5.41) is 6.78. The van der Waals surface area contributed by atoms with E-state index in [9.17, 15) is 9.59 Å².